The van der Waals surface area contributed by atoms with Crippen molar-refractivity contribution in [1.29, 1.82) is 5.26 Å². The molecule has 1 amide bonds. The maximum absolute atomic E-state index is 12.5. The number of nitrogens with zero attached hydrogens (tertiary/aromatic N) is 4. The molecule has 7 heteroatoms. The lowest BCUT2D eigenvalue weighted by Crippen LogP contribution is -2.16. The highest BCUT2D eigenvalue weighted by molar-refractivity contribution is 5.96. The predicted molar refractivity (Wildman–Crippen MR) is 117 cm³/mol. The first-order chi connectivity index (χ1) is 15.2. The Balaban J connectivity index is 1.46. The number of carbonyl (C=O) groups excluding carboxylic acids is 2. The second kappa shape index (κ2) is 9.01. The van der Waals surface area contributed by atoms with E-state index in [4.69, 9.17) is 0 Å². The highest BCUT2D eigenvalue weighted by atomic mass is 16.1. The van der Waals surface area contributed by atoms with Crippen molar-refractivity contribution in [3.8, 4) is 11.9 Å². The first-order valence-electron chi connectivity index (χ1n) is 9.88. The molecule has 0 fully saturated rings. The van der Waals surface area contributed by atoms with Crippen LogP contribution in [-0.2, 0) is 4.79 Å². The lowest BCUT2D eigenvalue weighted by Gasteiger charge is -2.10. The first-order valence-corrected chi connectivity index (χ1v) is 9.88. The van der Waals surface area contributed by atoms with Gasteiger partial charge in [-0.05, 0) is 24.6 Å². The van der Waals surface area contributed by atoms with E-state index in [1.165, 1.54) is 10.9 Å². The van der Waals surface area contributed by atoms with Crippen molar-refractivity contribution in [3.05, 3.63) is 84.1 Å². The van der Waals surface area contributed by atoms with Gasteiger partial charge in [-0.1, -0.05) is 48.5 Å². The van der Waals surface area contributed by atoms with Gasteiger partial charge >= 0.3 is 0 Å². The highest BCUT2D eigenvalue weighted by Crippen LogP contribution is 2.21. The standard InChI is InChI=1S/C24H19N5O2/c25-15-19-16-26-29(22-14-13-17-7-4-5-10-20(17)27-22)24(19)28-23(31)12-6-11-21(30)18-8-2-1-3-9-18/h1-5,7-10,13-14,16H,6,11-12H2,(H,28,31). The van der Waals surface area contributed by atoms with Crippen molar-refractivity contribution in [2.45, 2.75) is 19.3 Å². The number of fused-ring (bicyclic) bond motifs is 1. The second-order valence-electron chi connectivity index (χ2n) is 6.98. The Morgan fingerprint density at radius 2 is 1.74 bits per heavy atom. The minimum atomic E-state index is -0.292. The fourth-order valence-electron chi connectivity index (χ4n) is 3.27. The quantitative estimate of drug-likeness (QED) is 0.459. The van der Waals surface area contributed by atoms with Crippen LogP contribution in [0.15, 0.2) is 72.9 Å². The number of ketones is 1. The largest absolute Gasteiger partial charge is 0.309 e. The topological polar surface area (TPSA) is 101 Å². The normalized spacial score (nSPS) is 10.5. The number of hydrogen-bond donors (Lipinski definition) is 1. The zero-order valence-corrected chi connectivity index (χ0v) is 16.7. The molecule has 0 unspecified atom stereocenters. The summed E-state index contributed by atoms with van der Waals surface area (Å²) in [6.07, 6.45) is 2.23. The third-order valence-corrected chi connectivity index (χ3v) is 4.85. The van der Waals surface area contributed by atoms with Gasteiger partial charge < -0.3 is 5.32 Å². The number of aromatic nitrogens is 3. The average Bonchev–Trinajstić information content (AvgIpc) is 3.21. The van der Waals surface area contributed by atoms with Crippen LogP contribution < -0.4 is 5.32 Å². The summed E-state index contributed by atoms with van der Waals surface area (Å²) in [6.45, 7) is 0. The minimum absolute atomic E-state index is 0.00322. The molecule has 0 aliphatic rings. The summed E-state index contributed by atoms with van der Waals surface area (Å²) in [5, 5.41) is 17.4. The van der Waals surface area contributed by atoms with Gasteiger partial charge in [0.25, 0.3) is 0 Å². The van der Waals surface area contributed by atoms with Crippen LogP contribution >= 0.6 is 0 Å². The first kappa shape index (κ1) is 20.0. The van der Waals surface area contributed by atoms with E-state index in [2.05, 4.69) is 15.4 Å². The monoisotopic (exact) mass is 409 g/mol. The van der Waals surface area contributed by atoms with Crippen LogP contribution in [-0.4, -0.2) is 26.5 Å². The number of pyridine rings is 1. The number of nitriles is 1. The third kappa shape index (κ3) is 4.49. The van der Waals surface area contributed by atoms with Gasteiger partial charge in [0.05, 0.1) is 11.7 Å². The number of nitrogens with one attached hydrogen (secondary N) is 1. The average molecular weight is 409 g/mol. The van der Waals surface area contributed by atoms with Crippen LogP contribution in [0.2, 0.25) is 0 Å². The predicted octanol–water partition coefficient (Wildman–Crippen LogP) is 4.28. The number of para-hydroxylation sites is 1. The minimum Gasteiger partial charge on any atom is -0.309 e. The van der Waals surface area contributed by atoms with E-state index >= 15 is 0 Å². The molecule has 0 spiro atoms. The lowest BCUT2D eigenvalue weighted by molar-refractivity contribution is -0.116. The molecule has 2 heterocycles. The fraction of sp³-hybridized carbons (Fsp3) is 0.125. The zero-order chi connectivity index (χ0) is 21.6. The molecule has 152 valence electrons. The molecule has 0 saturated heterocycles. The Hall–Kier alpha value is -4.31. The summed E-state index contributed by atoms with van der Waals surface area (Å²) in [5.41, 5.74) is 1.66. The Morgan fingerprint density at radius 1 is 0.968 bits per heavy atom. The Kier molecular flexibility index (Phi) is 5.81. The van der Waals surface area contributed by atoms with E-state index in [1.54, 1.807) is 18.2 Å². The maximum atomic E-state index is 12.5. The van der Waals surface area contributed by atoms with Gasteiger partial charge in [-0.3, -0.25) is 9.59 Å². The van der Waals surface area contributed by atoms with Crippen molar-refractivity contribution in [3.63, 3.8) is 0 Å². The van der Waals surface area contributed by atoms with Crippen LogP contribution in [0.5, 0.6) is 0 Å². The van der Waals surface area contributed by atoms with Gasteiger partial charge in [0.1, 0.15) is 11.6 Å². The van der Waals surface area contributed by atoms with Crippen molar-refractivity contribution in [2.75, 3.05) is 5.32 Å². The number of anilines is 1. The van der Waals surface area contributed by atoms with Gasteiger partial charge in [-0.2, -0.15) is 15.0 Å². The molecule has 7 nitrogen and oxygen atoms in total. The molecule has 2 aromatic heterocycles. The molecular formula is C24H19N5O2. The van der Waals surface area contributed by atoms with Crippen molar-refractivity contribution < 1.29 is 9.59 Å². The summed E-state index contributed by atoms with van der Waals surface area (Å²) in [5.74, 6) is 0.468. The second-order valence-corrected chi connectivity index (χ2v) is 6.98. The van der Waals surface area contributed by atoms with Crippen LogP contribution in [0.3, 0.4) is 0 Å². The van der Waals surface area contributed by atoms with Gasteiger partial charge in [-0.25, -0.2) is 4.98 Å². The molecule has 0 atom stereocenters. The lowest BCUT2D eigenvalue weighted by atomic mass is 10.1. The number of Topliss-reactive ketones (excluding diaryl/α,β-unsaturated/α-hetero) is 1. The van der Waals surface area contributed by atoms with E-state index in [0.717, 1.165) is 10.9 Å². The third-order valence-electron chi connectivity index (χ3n) is 4.85. The Bertz CT molecular complexity index is 1290. The molecule has 31 heavy (non-hydrogen) atoms. The summed E-state index contributed by atoms with van der Waals surface area (Å²) >= 11 is 0. The number of rotatable bonds is 7. The molecule has 2 aromatic carbocycles. The number of carbonyl (C=O) groups is 2. The van der Waals surface area contributed by atoms with Gasteiger partial charge in [0, 0.05) is 23.8 Å². The molecule has 4 aromatic rings. The summed E-state index contributed by atoms with van der Waals surface area (Å²) in [4.78, 5) is 29.3. The highest BCUT2D eigenvalue weighted by Gasteiger charge is 2.16. The molecule has 0 saturated carbocycles. The van der Waals surface area contributed by atoms with Crippen LogP contribution in [0, 0.1) is 11.3 Å². The van der Waals surface area contributed by atoms with E-state index < -0.39 is 0 Å². The molecule has 0 aliphatic carbocycles. The maximum Gasteiger partial charge on any atom is 0.225 e. The number of hydrogen-bond acceptors (Lipinski definition) is 5. The molecule has 1 N–H and O–H groups in total. The molecule has 4 rings (SSSR count). The fourth-order valence-corrected chi connectivity index (χ4v) is 3.27. The summed E-state index contributed by atoms with van der Waals surface area (Å²) < 4.78 is 1.44. The molecule has 0 bridgehead atoms. The van der Waals surface area contributed by atoms with Crippen LogP contribution in [0.25, 0.3) is 16.7 Å². The SMILES string of the molecule is N#Cc1cnn(-c2ccc3ccccc3n2)c1NC(=O)CCCC(=O)c1ccccc1. The van der Waals surface area contributed by atoms with Crippen molar-refractivity contribution in [1.82, 2.24) is 14.8 Å². The Labute approximate surface area is 179 Å². The summed E-state index contributed by atoms with van der Waals surface area (Å²) in [6, 6.07) is 22.4. The number of amides is 1. The Morgan fingerprint density at radius 3 is 2.55 bits per heavy atom. The van der Waals surface area contributed by atoms with Crippen LogP contribution in [0.1, 0.15) is 35.2 Å². The van der Waals surface area contributed by atoms with Gasteiger partial charge in [-0.15, -0.1) is 0 Å². The van der Waals surface area contributed by atoms with E-state index in [-0.39, 0.29) is 35.9 Å². The number of benzene rings is 2. The molecule has 0 radical (unpaired) electrons. The van der Waals surface area contributed by atoms with E-state index in [1.807, 2.05) is 54.6 Å². The smallest absolute Gasteiger partial charge is 0.225 e. The van der Waals surface area contributed by atoms with E-state index in [9.17, 15) is 14.9 Å². The van der Waals surface area contributed by atoms with E-state index in [0.29, 0.717) is 17.8 Å². The van der Waals surface area contributed by atoms with Crippen molar-refractivity contribution >= 4 is 28.4 Å². The van der Waals surface area contributed by atoms with Crippen molar-refractivity contribution in [2.24, 2.45) is 0 Å². The molecular weight excluding hydrogens is 390 g/mol. The molecule has 0 aliphatic heterocycles. The summed E-state index contributed by atoms with van der Waals surface area (Å²) in [7, 11) is 0. The van der Waals surface area contributed by atoms with Gasteiger partial charge in [0.2, 0.25) is 5.91 Å². The zero-order valence-electron chi connectivity index (χ0n) is 16.7. The van der Waals surface area contributed by atoms with Gasteiger partial charge in [0.15, 0.2) is 17.4 Å². The van der Waals surface area contributed by atoms with Crippen LogP contribution in [0.4, 0.5) is 5.82 Å².